The van der Waals surface area contributed by atoms with Crippen LogP contribution in [0.4, 0.5) is 0 Å². The van der Waals surface area contributed by atoms with Crippen LogP contribution in [0.5, 0.6) is 5.75 Å². The van der Waals surface area contributed by atoms with Gasteiger partial charge in [0.15, 0.2) is 6.61 Å². The molecular formula is C58H68O3S6. The largest absolute Gasteiger partial charge is 0.481 e. The van der Waals surface area contributed by atoms with Crippen LogP contribution in [0.1, 0.15) is 151 Å². The van der Waals surface area contributed by atoms with Crippen molar-refractivity contribution in [3.8, 4) is 5.75 Å². The van der Waals surface area contributed by atoms with Crippen LogP contribution >= 0.6 is 75.8 Å². The van der Waals surface area contributed by atoms with Crippen molar-refractivity contribution in [1.82, 2.24) is 0 Å². The van der Waals surface area contributed by atoms with E-state index < -0.39 is 11.4 Å². The third kappa shape index (κ3) is 10.6. The minimum atomic E-state index is -0.448. The smallest absolute Gasteiger partial charge is 0.343 e. The van der Waals surface area contributed by atoms with E-state index in [1.807, 2.05) is 18.2 Å². The lowest BCUT2D eigenvalue weighted by atomic mass is 9.72. The molecule has 0 aliphatic carbocycles. The average molecular weight is 1010 g/mol. The minimum Gasteiger partial charge on any atom is -0.481 e. The molecule has 354 valence electrons. The van der Waals surface area contributed by atoms with Crippen molar-refractivity contribution >= 4 is 81.7 Å². The Morgan fingerprint density at radius 2 is 0.612 bits per heavy atom. The van der Waals surface area contributed by atoms with Gasteiger partial charge in [0.1, 0.15) is 5.75 Å². The Bertz CT molecular complexity index is 2850. The van der Waals surface area contributed by atoms with Gasteiger partial charge in [-0.2, -0.15) is 0 Å². The maximum Gasteiger partial charge on any atom is 0.343 e. The molecule has 0 N–H and O–H groups in total. The Morgan fingerprint density at radius 3 is 0.851 bits per heavy atom. The molecule has 6 aromatic carbocycles. The lowest BCUT2D eigenvalue weighted by Gasteiger charge is -2.34. The monoisotopic (exact) mass is 1000 g/mol. The van der Waals surface area contributed by atoms with Crippen molar-refractivity contribution in [1.29, 1.82) is 0 Å². The fourth-order valence-corrected chi connectivity index (χ4v) is 12.1. The summed E-state index contributed by atoms with van der Waals surface area (Å²) in [6.07, 6.45) is 0. The van der Waals surface area contributed by atoms with Gasteiger partial charge in [-0.15, -0.1) is 75.8 Å². The highest BCUT2D eigenvalue weighted by Crippen LogP contribution is 2.46. The number of methoxy groups -OCH3 is 1. The number of ether oxygens (including phenoxy) is 2. The minimum absolute atomic E-state index is 0.0564. The predicted molar refractivity (Wildman–Crippen MR) is 299 cm³/mol. The van der Waals surface area contributed by atoms with Crippen molar-refractivity contribution in [3.63, 3.8) is 0 Å². The van der Waals surface area contributed by atoms with Gasteiger partial charge in [-0.25, -0.2) is 4.79 Å². The number of carbonyl (C=O) groups excluding carboxylic acids is 1. The van der Waals surface area contributed by atoms with Crippen LogP contribution in [0.15, 0.2) is 139 Å². The molecule has 0 aromatic heterocycles. The van der Waals surface area contributed by atoms with E-state index in [1.54, 1.807) is 0 Å². The number of carbonyl (C=O) groups is 1. The van der Waals surface area contributed by atoms with Crippen molar-refractivity contribution in [2.45, 2.75) is 152 Å². The van der Waals surface area contributed by atoms with Crippen LogP contribution < -0.4 is 4.74 Å². The molecule has 0 fully saturated rings. The SMILES string of the molecule is COC(=O)COc1ccc(C(C)(C)c2ccc(C(C)(C)c3ccc(C(C)(C)c4ccc(C(C)(C)c5ccc(C(C)(C)c6ccc(C(C)(C)C)cc6S)cc5S)cc4S)cc3S)cc2S)cc1S. The summed E-state index contributed by atoms with van der Waals surface area (Å²) < 4.78 is 10.3. The van der Waals surface area contributed by atoms with E-state index in [0.717, 1.165) is 63.4 Å². The van der Waals surface area contributed by atoms with Crippen LogP contribution in [0.2, 0.25) is 0 Å². The molecule has 6 rings (SSSR count). The Balaban J connectivity index is 1.22. The van der Waals surface area contributed by atoms with Crippen molar-refractivity contribution in [2.75, 3.05) is 13.7 Å². The summed E-state index contributed by atoms with van der Waals surface area (Å²) in [4.78, 5) is 17.0. The van der Waals surface area contributed by atoms with Gasteiger partial charge in [0.05, 0.1) is 7.11 Å². The number of benzene rings is 6. The first-order valence-electron chi connectivity index (χ1n) is 22.7. The Labute approximate surface area is 434 Å². The molecule has 0 amide bonds. The molecule has 3 nitrogen and oxygen atoms in total. The number of hydrogen-bond donors (Lipinski definition) is 6. The van der Waals surface area contributed by atoms with Crippen molar-refractivity contribution < 1.29 is 14.3 Å². The highest BCUT2D eigenvalue weighted by atomic mass is 32.1. The van der Waals surface area contributed by atoms with Gasteiger partial charge in [0, 0.05) is 56.4 Å². The topological polar surface area (TPSA) is 35.5 Å². The summed E-state index contributed by atoms with van der Waals surface area (Å²) in [6, 6.07) is 39.2. The first-order chi connectivity index (χ1) is 30.9. The molecule has 0 spiro atoms. The maximum atomic E-state index is 11.6. The molecule has 0 bridgehead atoms. The molecular weight excluding hydrogens is 937 g/mol. The number of hydrogen-bond acceptors (Lipinski definition) is 9. The van der Waals surface area contributed by atoms with E-state index in [4.69, 9.17) is 72.6 Å². The van der Waals surface area contributed by atoms with Crippen molar-refractivity contribution in [3.05, 3.63) is 170 Å². The molecule has 9 heteroatoms. The molecule has 0 unspecified atom stereocenters. The Kier molecular flexibility index (Phi) is 15.4. The first-order valence-corrected chi connectivity index (χ1v) is 25.4. The predicted octanol–water partition coefficient (Wildman–Crippen LogP) is 15.9. The zero-order chi connectivity index (χ0) is 49.8. The zero-order valence-corrected chi connectivity index (χ0v) is 46.9. The lowest BCUT2D eigenvalue weighted by molar-refractivity contribution is -0.142. The second kappa shape index (κ2) is 19.5. The van der Waals surface area contributed by atoms with E-state index in [9.17, 15) is 4.79 Å². The normalized spacial score (nSPS) is 12.9. The van der Waals surface area contributed by atoms with Gasteiger partial charge in [0.2, 0.25) is 0 Å². The quantitative estimate of drug-likeness (QED) is 0.0516. The third-order valence-electron chi connectivity index (χ3n) is 14.4. The summed E-state index contributed by atoms with van der Waals surface area (Å²) in [5.74, 6) is 0.0745. The Hall–Kier alpha value is -3.31. The second-order valence-corrected chi connectivity index (χ2v) is 24.5. The van der Waals surface area contributed by atoms with Gasteiger partial charge >= 0.3 is 5.97 Å². The molecule has 67 heavy (non-hydrogen) atoms. The highest BCUT2D eigenvalue weighted by molar-refractivity contribution is 7.81. The molecule has 0 saturated carbocycles. The molecule has 0 aliphatic heterocycles. The summed E-state index contributed by atoms with van der Waals surface area (Å²) in [5, 5.41) is 0. The first kappa shape index (κ1) is 53.0. The van der Waals surface area contributed by atoms with Crippen LogP contribution in [-0.2, 0) is 42.0 Å². The van der Waals surface area contributed by atoms with E-state index in [2.05, 4.69) is 194 Å². The molecule has 0 radical (unpaired) electrons. The third-order valence-corrected chi connectivity index (χ3v) is 16.6. The van der Waals surface area contributed by atoms with Crippen LogP contribution in [0.3, 0.4) is 0 Å². The lowest BCUT2D eigenvalue weighted by Crippen LogP contribution is -2.25. The second-order valence-electron chi connectivity index (χ2n) is 21.6. The summed E-state index contributed by atoms with van der Waals surface area (Å²) >= 11 is 30.1. The van der Waals surface area contributed by atoms with Crippen LogP contribution in [0, 0.1) is 0 Å². The van der Waals surface area contributed by atoms with Gasteiger partial charge < -0.3 is 9.47 Å². The number of rotatable bonds is 13. The fraction of sp³-hybridized carbons (Fsp3) is 0.362. The summed E-state index contributed by atoms with van der Waals surface area (Å²) in [7, 11) is 1.34. The highest BCUT2D eigenvalue weighted by Gasteiger charge is 2.34. The van der Waals surface area contributed by atoms with E-state index in [0.29, 0.717) is 10.6 Å². The van der Waals surface area contributed by atoms with E-state index in [-0.39, 0.29) is 33.7 Å². The fourth-order valence-electron chi connectivity index (χ4n) is 9.32. The van der Waals surface area contributed by atoms with Gasteiger partial charge in [-0.1, -0.05) is 157 Å². The van der Waals surface area contributed by atoms with E-state index >= 15 is 0 Å². The molecule has 0 heterocycles. The van der Waals surface area contributed by atoms with E-state index in [1.165, 1.54) is 29.4 Å². The van der Waals surface area contributed by atoms with Gasteiger partial charge in [0.25, 0.3) is 0 Å². The number of esters is 1. The Morgan fingerprint density at radius 1 is 0.373 bits per heavy atom. The summed E-state index contributed by atoms with van der Waals surface area (Å²) in [5.41, 5.74) is 11.0. The molecule has 6 aromatic rings. The van der Waals surface area contributed by atoms with Gasteiger partial charge in [-0.3, -0.25) is 0 Å². The van der Waals surface area contributed by atoms with Crippen LogP contribution in [-0.4, -0.2) is 19.7 Å². The molecule has 0 aliphatic rings. The summed E-state index contributed by atoms with van der Waals surface area (Å²) in [6.45, 7) is 28.9. The molecule has 0 saturated heterocycles. The van der Waals surface area contributed by atoms with Crippen LogP contribution in [0.25, 0.3) is 0 Å². The standard InChI is InChI=1S/C58H68O3S6/c1-53(2,3)34-15-21-40(46(62)27-34)54(4,5)35-16-22-41(47(63)28-35)55(6,7)36-17-23-42(48(64)29-36)56(8,9)37-18-24-43(49(65)30-37)57(10,11)38-19-25-44(50(66)31-38)58(12,13)39-20-26-45(51(67)32-39)61-33-52(59)60-14/h15-32,62-67H,33H2,1-14H3. The van der Waals surface area contributed by atoms with Gasteiger partial charge in [-0.05, 0) is 109 Å². The molecule has 0 atom stereocenters. The average Bonchev–Trinajstić information content (AvgIpc) is 3.24. The maximum absolute atomic E-state index is 11.6. The number of thiol groups is 6. The van der Waals surface area contributed by atoms with Crippen molar-refractivity contribution in [2.24, 2.45) is 0 Å². The zero-order valence-electron chi connectivity index (χ0n) is 41.5.